The number of carbonyl (C=O) groups is 3. The molecular formula is C29H36N4O3. The van der Waals surface area contributed by atoms with E-state index in [1.807, 2.05) is 25.1 Å². The van der Waals surface area contributed by atoms with Crippen LogP contribution in [0.15, 0.2) is 30.5 Å². The van der Waals surface area contributed by atoms with Gasteiger partial charge in [-0.25, -0.2) is 4.98 Å². The van der Waals surface area contributed by atoms with Crippen molar-refractivity contribution in [3.8, 4) is 0 Å². The normalized spacial score (nSPS) is 23.1. The molecule has 3 N–H and O–H groups in total. The Hall–Kier alpha value is -3.22. The lowest BCUT2D eigenvalue weighted by molar-refractivity contribution is 0.0923. The maximum atomic E-state index is 13.3. The molecule has 190 valence electrons. The van der Waals surface area contributed by atoms with Crippen LogP contribution in [0.25, 0.3) is 0 Å². The Labute approximate surface area is 212 Å². The van der Waals surface area contributed by atoms with E-state index in [9.17, 15) is 14.4 Å². The molecule has 3 atom stereocenters. The minimum Gasteiger partial charge on any atom is -0.366 e. The number of benzene rings is 1. The molecule has 3 aliphatic rings. The van der Waals surface area contributed by atoms with Gasteiger partial charge in [-0.05, 0) is 93.2 Å². The molecule has 7 nitrogen and oxygen atoms in total. The Morgan fingerprint density at radius 2 is 1.75 bits per heavy atom. The molecule has 0 unspecified atom stereocenters. The second-order valence-electron chi connectivity index (χ2n) is 11.3. The van der Waals surface area contributed by atoms with Crippen molar-refractivity contribution in [1.82, 2.24) is 10.3 Å². The number of amides is 2. The number of rotatable bonds is 8. The summed E-state index contributed by atoms with van der Waals surface area (Å²) in [5.74, 6) is 1.14. The van der Waals surface area contributed by atoms with Gasteiger partial charge in [-0.2, -0.15) is 0 Å². The Morgan fingerprint density at radius 1 is 1.06 bits per heavy atom. The van der Waals surface area contributed by atoms with Crippen LogP contribution in [0.4, 0.5) is 5.82 Å². The topological polar surface area (TPSA) is 105 Å². The van der Waals surface area contributed by atoms with Gasteiger partial charge >= 0.3 is 0 Å². The van der Waals surface area contributed by atoms with E-state index in [1.54, 1.807) is 12.3 Å². The van der Waals surface area contributed by atoms with Gasteiger partial charge in [0.15, 0.2) is 5.78 Å². The predicted molar refractivity (Wildman–Crippen MR) is 139 cm³/mol. The number of anilines is 1. The van der Waals surface area contributed by atoms with Crippen molar-refractivity contribution in [2.75, 3.05) is 4.90 Å². The first-order valence-electron chi connectivity index (χ1n) is 13.2. The lowest BCUT2D eigenvalue weighted by Crippen LogP contribution is -2.50. The molecular weight excluding hydrogens is 452 g/mol. The molecule has 2 amide bonds. The zero-order valence-corrected chi connectivity index (χ0v) is 21.4. The molecule has 5 rings (SSSR count). The summed E-state index contributed by atoms with van der Waals surface area (Å²) in [6, 6.07) is 8.24. The number of Topliss-reactive ketones (excluding diaryl/α,β-unsaturated/α-hetero) is 1. The van der Waals surface area contributed by atoms with Gasteiger partial charge in [0.05, 0.1) is 0 Å². The van der Waals surface area contributed by atoms with Gasteiger partial charge < -0.3 is 16.0 Å². The lowest BCUT2D eigenvalue weighted by atomic mass is 9.92. The molecule has 1 aliphatic carbocycles. The highest BCUT2D eigenvalue weighted by Gasteiger charge is 2.42. The highest BCUT2D eigenvalue weighted by molar-refractivity contribution is 6.00. The number of ketones is 1. The minimum absolute atomic E-state index is 0.0886. The van der Waals surface area contributed by atoms with Gasteiger partial charge in [-0.1, -0.05) is 13.8 Å². The first-order chi connectivity index (χ1) is 17.2. The minimum atomic E-state index is -0.455. The molecule has 2 aliphatic heterocycles. The van der Waals surface area contributed by atoms with Crippen molar-refractivity contribution in [3.63, 3.8) is 0 Å². The smallest absolute Gasteiger partial charge is 0.251 e. The average molecular weight is 489 g/mol. The van der Waals surface area contributed by atoms with E-state index in [0.717, 1.165) is 55.5 Å². The van der Waals surface area contributed by atoms with E-state index in [0.29, 0.717) is 41.1 Å². The standard InChI is InChI=1S/C29H36N4O3/c1-16(2)10-20-12-24(17(3)11-25(20)28(30)35)29(36)32-21-13-22-7-8-23(14-21)33(22)26-9-6-19(15-31-26)27(34)18-4-5-18/h6,9,11-12,15-16,18,21-23H,4-5,7-8,10,13-14H2,1-3H3,(H2,30,35)(H,32,36)/t21-,22+,23-. The number of nitrogens with one attached hydrogen (secondary N) is 1. The van der Waals surface area contributed by atoms with Crippen LogP contribution >= 0.6 is 0 Å². The van der Waals surface area contributed by atoms with E-state index in [2.05, 4.69) is 29.0 Å². The molecule has 3 fully saturated rings. The average Bonchev–Trinajstić information content (AvgIpc) is 3.64. The highest BCUT2D eigenvalue weighted by Crippen LogP contribution is 2.39. The van der Waals surface area contributed by atoms with Crippen molar-refractivity contribution in [3.05, 3.63) is 58.3 Å². The largest absolute Gasteiger partial charge is 0.366 e. The van der Waals surface area contributed by atoms with Crippen molar-refractivity contribution in [2.45, 2.75) is 83.8 Å². The Morgan fingerprint density at radius 3 is 2.31 bits per heavy atom. The summed E-state index contributed by atoms with van der Waals surface area (Å²) in [6.45, 7) is 6.03. The summed E-state index contributed by atoms with van der Waals surface area (Å²) >= 11 is 0. The van der Waals surface area contributed by atoms with E-state index < -0.39 is 5.91 Å². The number of hydrogen-bond acceptors (Lipinski definition) is 5. The summed E-state index contributed by atoms with van der Waals surface area (Å²) in [5.41, 5.74) is 9.03. The third kappa shape index (κ3) is 4.88. The third-order valence-electron chi connectivity index (χ3n) is 7.90. The van der Waals surface area contributed by atoms with Crippen LogP contribution < -0.4 is 16.0 Å². The number of pyridine rings is 1. The summed E-state index contributed by atoms with van der Waals surface area (Å²) < 4.78 is 0. The Bertz CT molecular complexity index is 1170. The fraction of sp³-hybridized carbons (Fsp3) is 0.517. The quantitative estimate of drug-likeness (QED) is 0.542. The number of piperidine rings is 1. The molecule has 1 aromatic carbocycles. The molecule has 3 heterocycles. The van der Waals surface area contributed by atoms with Crippen molar-refractivity contribution in [2.24, 2.45) is 17.6 Å². The molecule has 7 heteroatoms. The zero-order chi connectivity index (χ0) is 25.6. The van der Waals surface area contributed by atoms with Gasteiger partial charge in [0, 0.05) is 46.9 Å². The van der Waals surface area contributed by atoms with E-state index >= 15 is 0 Å². The third-order valence-corrected chi connectivity index (χ3v) is 7.90. The fourth-order valence-electron chi connectivity index (χ4n) is 6.03. The summed E-state index contributed by atoms with van der Waals surface area (Å²) in [5, 5.41) is 3.27. The second kappa shape index (κ2) is 9.68. The number of hydrogen-bond donors (Lipinski definition) is 2. The number of primary amides is 1. The summed E-state index contributed by atoms with van der Waals surface area (Å²) in [6.07, 6.45) is 8.30. The van der Waals surface area contributed by atoms with Crippen molar-refractivity contribution < 1.29 is 14.4 Å². The van der Waals surface area contributed by atoms with Gasteiger partial charge in [-0.3, -0.25) is 14.4 Å². The molecule has 2 bridgehead atoms. The number of aromatic nitrogens is 1. The van der Waals surface area contributed by atoms with Crippen LogP contribution in [-0.2, 0) is 6.42 Å². The van der Waals surface area contributed by atoms with Gasteiger partial charge in [-0.15, -0.1) is 0 Å². The van der Waals surface area contributed by atoms with Crippen LogP contribution in [0.1, 0.15) is 94.6 Å². The van der Waals surface area contributed by atoms with Gasteiger partial charge in [0.1, 0.15) is 5.82 Å². The first kappa shape index (κ1) is 24.5. The number of carbonyl (C=O) groups excluding carboxylic acids is 3. The molecule has 0 spiro atoms. The van der Waals surface area contributed by atoms with Crippen molar-refractivity contribution >= 4 is 23.4 Å². The van der Waals surface area contributed by atoms with Crippen LogP contribution in [0.3, 0.4) is 0 Å². The molecule has 1 saturated carbocycles. The molecule has 1 aromatic heterocycles. The molecule has 2 saturated heterocycles. The van der Waals surface area contributed by atoms with Crippen LogP contribution in [0.5, 0.6) is 0 Å². The molecule has 0 radical (unpaired) electrons. The number of aryl methyl sites for hydroxylation is 1. The maximum absolute atomic E-state index is 13.3. The van der Waals surface area contributed by atoms with Crippen molar-refractivity contribution in [1.29, 1.82) is 0 Å². The lowest BCUT2D eigenvalue weighted by Gasteiger charge is -2.40. The van der Waals surface area contributed by atoms with Gasteiger partial charge in [0.2, 0.25) is 5.91 Å². The number of nitrogens with two attached hydrogens (primary N) is 1. The summed E-state index contributed by atoms with van der Waals surface area (Å²) in [4.78, 5) is 44.7. The Kier molecular flexibility index (Phi) is 6.58. The van der Waals surface area contributed by atoms with Crippen LogP contribution in [0, 0.1) is 18.8 Å². The van der Waals surface area contributed by atoms with Crippen LogP contribution in [0.2, 0.25) is 0 Å². The predicted octanol–water partition coefficient (Wildman–Crippen LogP) is 4.21. The van der Waals surface area contributed by atoms with Gasteiger partial charge in [0.25, 0.3) is 5.91 Å². The fourth-order valence-corrected chi connectivity index (χ4v) is 6.03. The molecule has 36 heavy (non-hydrogen) atoms. The SMILES string of the molecule is Cc1cc(C(N)=O)c(CC(C)C)cc1C(=O)N[C@H]1C[C@H]2CC[C@@H](C1)N2c1ccc(C(=O)C2CC2)cn1. The first-order valence-corrected chi connectivity index (χ1v) is 13.2. The van der Waals surface area contributed by atoms with E-state index in [1.165, 1.54) is 0 Å². The van der Waals surface area contributed by atoms with E-state index in [-0.39, 0.29) is 23.7 Å². The van der Waals surface area contributed by atoms with E-state index in [4.69, 9.17) is 5.73 Å². The monoisotopic (exact) mass is 488 g/mol. The number of fused-ring (bicyclic) bond motifs is 2. The Balaban J connectivity index is 1.27. The zero-order valence-electron chi connectivity index (χ0n) is 21.4. The van der Waals surface area contributed by atoms with Crippen LogP contribution in [-0.4, -0.2) is 40.7 Å². The maximum Gasteiger partial charge on any atom is 0.251 e. The highest BCUT2D eigenvalue weighted by atomic mass is 16.2. The molecule has 2 aromatic rings. The number of nitrogens with zero attached hydrogens (tertiary/aromatic N) is 2. The summed E-state index contributed by atoms with van der Waals surface area (Å²) in [7, 11) is 0. The second-order valence-corrected chi connectivity index (χ2v) is 11.3.